The smallest absolute Gasteiger partial charge is 0.183 e. The predicted octanol–water partition coefficient (Wildman–Crippen LogP) is 4.91. The van der Waals surface area contributed by atoms with Crippen LogP contribution in [0.15, 0.2) is 79.4 Å². The molecular weight excluding hydrogens is 391 g/mol. The van der Waals surface area contributed by atoms with Crippen LogP contribution in [0, 0.1) is 12.7 Å². The second-order valence-electron chi connectivity index (χ2n) is 7.21. The van der Waals surface area contributed by atoms with E-state index in [9.17, 15) is 4.39 Å². The van der Waals surface area contributed by atoms with E-state index in [1.165, 1.54) is 6.07 Å². The Bertz CT molecular complexity index is 1360. The van der Waals surface area contributed by atoms with E-state index in [-0.39, 0.29) is 5.82 Å². The Morgan fingerprint density at radius 3 is 2.68 bits per heavy atom. The molecule has 5 rings (SSSR count). The van der Waals surface area contributed by atoms with Crippen LogP contribution in [0.2, 0.25) is 0 Å². The van der Waals surface area contributed by atoms with Crippen molar-refractivity contribution in [1.82, 2.24) is 24.6 Å². The van der Waals surface area contributed by atoms with Crippen LogP contribution in [0.4, 0.5) is 10.2 Å². The third-order valence-electron chi connectivity index (χ3n) is 4.97. The van der Waals surface area contributed by atoms with Gasteiger partial charge in [-0.25, -0.2) is 13.9 Å². The molecule has 0 aliphatic carbocycles. The number of benzene rings is 1. The minimum atomic E-state index is -0.293. The predicted molar refractivity (Wildman–Crippen MR) is 118 cm³/mol. The summed E-state index contributed by atoms with van der Waals surface area (Å²) in [7, 11) is 0. The van der Waals surface area contributed by atoms with Crippen molar-refractivity contribution in [2.75, 3.05) is 5.32 Å². The van der Waals surface area contributed by atoms with E-state index in [4.69, 9.17) is 4.98 Å². The number of nitrogens with zero attached hydrogens (tertiary/aromatic N) is 5. The van der Waals surface area contributed by atoms with Gasteiger partial charge in [0.1, 0.15) is 11.3 Å². The van der Waals surface area contributed by atoms with E-state index in [1.54, 1.807) is 35.2 Å². The lowest BCUT2D eigenvalue weighted by Crippen LogP contribution is -2.08. The monoisotopic (exact) mass is 410 g/mol. The number of halogens is 1. The standard InChI is InChI=1S/C24H19FN6/c1-16-12-17(14-26-13-16)23-29-24(28-15-18-6-4-5-10-27-18)22-20(9-11-31(22)30-23)19-7-2-3-8-21(19)25/h2-14H,15H2,1H3,(H,28,29,30). The zero-order valence-corrected chi connectivity index (χ0v) is 16.8. The molecule has 4 aromatic heterocycles. The lowest BCUT2D eigenvalue weighted by molar-refractivity contribution is 0.631. The maximum atomic E-state index is 14.6. The fourth-order valence-corrected chi connectivity index (χ4v) is 3.52. The molecule has 0 saturated carbocycles. The first-order chi connectivity index (χ1) is 15.2. The molecule has 7 heteroatoms. The van der Waals surface area contributed by atoms with Gasteiger partial charge in [0, 0.05) is 41.5 Å². The number of hydrogen-bond donors (Lipinski definition) is 1. The highest BCUT2D eigenvalue weighted by atomic mass is 19.1. The summed E-state index contributed by atoms with van der Waals surface area (Å²) in [6.45, 7) is 2.45. The van der Waals surface area contributed by atoms with Crippen molar-refractivity contribution >= 4 is 11.3 Å². The van der Waals surface area contributed by atoms with Crippen LogP contribution in [0.1, 0.15) is 11.3 Å². The van der Waals surface area contributed by atoms with Gasteiger partial charge in [0.15, 0.2) is 11.6 Å². The first kappa shape index (κ1) is 18.9. The fraction of sp³-hybridized carbons (Fsp3) is 0.0833. The van der Waals surface area contributed by atoms with E-state index in [0.29, 0.717) is 29.3 Å². The first-order valence-electron chi connectivity index (χ1n) is 9.89. The van der Waals surface area contributed by atoms with Gasteiger partial charge in [-0.1, -0.05) is 24.3 Å². The van der Waals surface area contributed by atoms with Crippen molar-refractivity contribution in [3.63, 3.8) is 0 Å². The minimum absolute atomic E-state index is 0.293. The summed E-state index contributed by atoms with van der Waals surface area (Å²) in [5, 5.41) is 8.03. The van der Waals surface area contributed by atoms with Gasteiger partial charge in [0.25, 0.3) is 0 Å². The van der Waals surface area contributed by atoms with E-state index in [1.807, 2.05) is 49.5 Å². The highest BCUT2D eigenvalue weighted by molar-refractivity contribution is 5.89. The molecular formula is C24H19FN6. The first-order valence-corrected chi connectivity index (χ1v) is 9.89. The topological polar surface area (TPSA) is 68.0 Å². The largest absolute Gasteiger partial charge is 0.363 e. The number of anilines is 1. The lowest BCUT2D eigenvalue weighted by Gasteiger charge is -2.12. The second kappa shape index (κ2) is 7.95. The van der Waals surface area contributed by atoms with Gasteiger partial charge in [-0.2, -0.15) is 0 Å². The average molecular weight is 410 g/mol. The van der Waals surface area contributed by atoms with E-state index >= 15 is 0 Å². The van der Waals surface area contributed by atoms with Crippen LogP contribution < -0.4 is 5.32 Å². The summed E-state index contributed by atoms with van der Waals surface area (Å²) in [4.78, 5) is 13.4. The number of hydrogen-bond acceptors (Lipinski definition) is 5. The molecule has 0 fully saturated rings. The Morgan fingerprint density at radius 2 is 1.87 bits per heavy atom. The molecule has 0 bridgehead atoms. The number of nitrogens with one attached hydrogen (secondary N) is 1. The Balaban J connectivity index is 1.67. The summed E-state index contributed by atoms with van der Waals surface area (Å²) in [6, 6.07) is 16.3. The average Bonchev–Trinajstić information content (AvgIpc) is 3.22. The van der Waals surface area contributed by atoms with Gasteiger partial charge in [0.05, 0.1) is 12.2 Å². The van der Waals surface area contributed by atoms with Gasteiger partial charge < -0.3 is 5.32 Å². The quantitative estimate of drug-likeness (QED) is 0.446. The van der Waals surface area contributed by atoms with Crippen molar-refractivity contribution in [1.29, 1.82) is 0 Å². The van der Waals surface area contributed by atoms with Gasteiger partial charge in [0.2, 0.25) is 0 Å². The van der Waals surface area contributed by atoms with Crippen molar-refractivity contribution in [3.05, 3.63) is 96.5 Å². The molecule has 0 saturated heterocycles. The summed E-state index contributed by atoms with van der Waals surface area (Å²) < 4.78 is 16.3. The normalized spacial score (nSPS) is 11.0. The highest BCUT2D eigenvalue weighted by Gasteiger charge is 2.17. The Hall–Kier alpha value is -4.13. The highest BCUT2D eigenvalue weighted by Crippen LogP contribution is 2.32. The zero-order chi connectivity index (χ0) is 21.2. The molecule has 0 unspecified atom stereocenters. The third kappa shape index (κ3) is 3.73. The van der Waals surface area contributed by atoms with Gasteiger partial charge in [-0.05, 0) is 42.8 Å². The van der Waals surface area contributed by atoms with Gasteiger partial charge in [-0.15, -0.1) is 5.10 Å². The van der Waals surface area contributed by atoms with Crippen molar-refractivity contribution in [2.24, 2.45) is 0 Å². The van der Waals surface area contributed by atoms with Crippen LogP contribution in [0.25, 0.3) is 28.0 Å². The molecule has 0 radical (unpaired) electrons. The lowest BCUT2D eigenvalue weighted by atomic mass is 10.1. The SMILES string of the molecule is Cc1cncc(-c2nc(NCc3ccccn3)c3c(-c4ccccc4F)ccn3n2)c1. The van der Waals surface area contributed by atoms with Crippen molar-refractivity contribution < 1.29 is 4.39 Å². The van der Waals surface area contributed by atoms with Gasteiger partial charge >= 0.3 is 0 Å². The van der Waals surface area contributed by atoms with Crippen LogP contribution in [-0.4, -0.2) is 24.6 Å². The number of aromatic nitrogens is 5. The molecule has 5 aromatic rings. The fourth-order valence-electron chi connectivity index (χ4n) is 3.52. The molecule has 0 atom stereocenters. The number of pyridine rings is 2. The molecule has 31 heavy (non-hydrogen) atoms. The maximum Gasteiger partial charge on any atom is 0.183 e. The Morgan fingerprint density at radius 1 is 1.00 bits per heavy atom. The molecule has 0 aliphatic heterocycles. The number of rotatable bonds is 5. The number of aryl methyl sites for hydroxylation is 1. The molecule has 0 aliphatic rings. The maximum absolute atomic E-state index is 14.6. The van der Waals surface area contributed by atoms with E-state index in [0.717, 1.165) is 22.4 Å². The van der Waals surface area contributed by atoms with Crippen LogP contribution in [0.5, 0.6) is 0 Å². The molecule has 1 N–H and O–H groups in total. The minimum Gasteiger partial charge on any atom is -0.363 e. The summed E-state index contributed by atoms with van der Waals surface area (Å²) in [6.07, 6.45) is 7.09. The molecule has 6 nitrogen and oxygen atoms in total. The summed E-state index contributed by atoms with van der Waals surface area (Å²) in [5.74, 6) is 0.835. The zero-order valence-electron chi connectivity index (χ0n) is 16.8. The van der Waals surface area contributed by atoms with E-state index < -0.39 is 0 Å². The molecule has 1 aromatic carbocycles. The van der Waals surface area contributed by atoms with E-state index in [2.05, 4.69) is 20.4 Å². The van der Waals surface area contributed by atoms with Crippen molar-refractivity contribution in [2.45, 2.75) is 13.5 Å². The summed E-state index contributed by atoms with van der Waals surface area (Å²) >= 11 is 0. The van der Waals surface area contributed by atoms with Crippen LogP contribution >= 0.6 is 0 Å². The Kier molecular flexibility index (Phi) is 4.84. The van der Waals surface area contributed by atoms with Gasteiger partial charge in [-0.3, -0.25) is 9.97 Å². The second-order valence-corrected chi connectivity index (χ2v) is 7.21. The molecule has 152 valence electrons. The number of fused-ring (bicyclic) bond motifs is 1. The Labute approximate surface area is 178 Å². The third-order valence-corrected chi connectivity index (χ3v) is 4.97. The van der Waals surface area contributed by atoms with Crippen molar-refractivity contribution in [3.8, 4) is 22.5 Å². The van der Waals surface area contributed by atoms with Crippen LogP contribution in [0.3, 0.4) is 0 Å². The summed E-state index contributed by atoms with van der Waals surface area (Å²) in [5.41, 5.74) is 4.62. The van der Waals surface area contributed by atoms with Crippen LogP contribution in [-0.2, 0) is 6.54 Å². The molecule has 4 heterocycles. The molecule has 0 spiro atoms. The molecule has 0 amide bonds.